The van der Waals surface area contributed by atoms with E-state index >= 15 is 0 Å². The van der Waals surface area contributed by atoms with Crippen molar-refractivity contribution in [2.24, 2.45) is 5.73 Å². The standard InChI is InChI=1S/C18H20N4O4/c1-11(23)21-14-7-8-16(26-2)15(9-14)20-10-17(24)22-13-5-3-12(4-6-13)18(19)25/h3-9,20H,10H2,1-2H3,(H2,19,25)(H,21,23)(H,22,24). The highest BCUT2D eigenvalue weighted by molar-refractivity contribution is 5.96. The van der Waals surface area contributed by atoms with Crippen LogP contribution in [0.15, 0.2) is 42.5 Å². The van der Waals surface area contributed by atoms with Crippen LogP contribution in [0.2, 0.25) is 0 Å². The fourth-order valence-electron chi connectivity index (χ4n) is 2.23. The average Bonchev–Trinajstić information content (AvgIpc) is 2.60. The minimum absolute atomic E-state index is 0.0164. The minimum Gasteiger partial charge on any atom is -0.495 e. The largest absolute Gasteiger partial charge is 0.495 e. The van der Waals surface area contributed by atoms with Crippen LogP contribution in [0.1, 0.15) is 17.3 Å². The van der Waals surface area contributed by atoms with Gasteiger partial charge in [0.1, 0.15) is 5.75 Å². The molecule has 0 aromatic heterocycles. The fraction of sp³-hybridized carbons (Fsp3) is 0.167. The van der Waals surface area contributed by atoms with E-state index in [1.54, 1.807) is 30.3 Å². The molecule has 0 spiro atoms. The zero-order chi connectivity index (χ0) is 19.1. The molecule has 2 aromatic rings. The minimum atomic E-state index is -0.532. The van der Waals surface area contributed by atoms with Crippen LogP contribution in [0.3, 0.4) is 0 Å². The van der Waals surface area contributed by atoms with E-state index < -0.39 is 5.91 Å². The second-order valence-electron chi connectivity index (χ2n) is 5.44. The number of methoxy groups -OCH3 is 1. The number of anilines is 3. The molecule has 0 fully saturated rings. The van der Waals surface area contributed by atoms with Gasteiger partial charge >= 0.3 is 0 Å². The highest BCUT2D eigenvalue weighted by atomic mass is 16.5. The Morgan fingerprint density at radius 1 is 1.00 bits per heavy atom. The first-order valence-corrected chi connectivity index (χ1v) is 7.78. The third kappa shape index (κ3) is 5.23. The Bertz CT molecular complexity index is 818. The van der Waals surface area contributed by atoms with Crippen LogP contribution in [0.5, 0.6) is 5.75 Å². The van der Waals surface area contributed by atoms with E-state index in [1.807, 2.05) is 0 Å². The summed E-state index contributed by atoms with van der Waals surface area (Å²) in [4.78, 5) is 34.3. The summed E-state index contributed by atoms with van der Waals surface area (Å²) in [5.41, 5.74) is 7.23. The Morgan fingerprint density at radius 3 is 2.23 bits per heavy atom. The van der Waals surface area contributed by atoms with E-state index in [0.29, 0.717) is 28.4 Å². The second-order valence-corrected chi connectivity index (χ2v) is 5.44. The van der Waals surface area contributed by atoms with Crippen molar-refractivity contribution >= 4 is 34.8 Å². The van der Waals surface area contributed by atoms with Crippen molar-refractivity contribution in [3.05, 3.63) is 48.0 Å². The Hall–Kier alpha value is -3.55. The van der Waals surface area contributed by atoms with Gasteiger partial charge in [0.2, 0.25) is 17.7 Å². The van der Waals surface area contributed by atoms with Gasteiger partial charge in [-0.25, -0.2) is 0 Å². The summed E-state index contributed by atoms with van der Waals surface area (Å²) in [5.74, 6) is -0.476. The zero-order valence-electron chi connectivity index (χ0n) is 14.5. The summed E-state index contributed by atoms with van der Waals surface area (Å²) in [7, 11) is 1.51. The molecular formula is C18H20N4O4. The Balaban J connectivity index is 1.99. The van der Waals surface area contributed by atoms with Crippen LogP contribution >= 0.6 is 0 Å². The highest BCUT2D eigenvalue weighted by Crippen LogP contribution is 2.27. The van der Waals surface area contributed by atoms with E-state index in [9.17, 15) is 14.4 Å². The van der Waals surface area contributed by atoms with Gasteiger partial charge in [0.05, 0.1) is 19.3 Å². The predicted octanol–water partition coefficient (Wildman–Crippen LogP) is 1.80. The third-order valence-corrected chi connectivity index (χ3v) is 3.41. The molecule has 0 radical (unpaired) electrons. The number of hydrogen-bond donors (Lipinski definition) is 4. The first kappa shape index (κ1) is 18.8. The smallest absolute Gasteiger partial charge is 0.248 e. The lowest BCUT2D eigenvalue weighted by Crippen LogP contribution is -2.22. The number of nitrogens with one attached hydrogen (secondary N) is 3. The molecule has 8 nitrogen and oxygen atoms in total. The molecule has 2 aromatic carbocycles. The van der Waals surface area contributed by atoms with Crippen LogP contribution in [-0.2, 0) is 9.59 Å². The SMILES string of the molecule is COc1ccc(NC(C)=O)cc1NCC(=O)Nc1ccc(C(N)=O)cc1. The Morgan fingerprint density at radius 2 is 1.65 bits per heavy atom. The number of primary amides is 1. The van der Waals surface area contributed by atoms with Crippen LogP contribution in [0.4, 0.5) is 17.1 Å². The molecule has 2 rings (SSSR count). The first-order valence-electron chi connectivity index (χ1n) is 7.78. The molecule has 0 aliphatic carbocycles. The van der Waals surface area contributed by atoms with Crippen molar-refractivity contribution in [3.8, 4) is 5.75 Å². The number of hydrogen-bond acceptors (Lipinski definition) is 5. The maximum atomic E-state index is 12.1. The number of carbonyl (C=O) groups excluding carboxylic acids is 3. The molecule has 0 aliphatic heterocycles. The van der Waals surface area contributed by atoms with Crippen LogP contribution in [0.25, 0.3) is 0 Å². The van der Waals surface area contributed by atoms with Gasteiger partial charge in [0.25, 0.3) is 0 Å². The van der Waals surface area contributed by atoms with E-state index in [-0.39, 0.29) is 18.4 Å². The second kappa shape index (κ2) is 8.52. The van der Waals surface area contributed by atoms with Gasteiger partial charge in [-0.05, 0) is 42.5 Å². The molecule has 3 amide bonds. The summed E-state index contributed by atoms with van der Waals surface area (Å²) in [6, 6.07) is 11.3. The van der Waals surface area contributed by atoms with E-state index in [4.69, 9.17) is 10.5 Å². The average molecular weight is 356 g/mol. The first-order chi connectivity index (χ1) is 12.4. The molecule has 0 aliphatic rings. The molecule has 0 saturated heterocycles. The number of nitrogens with two attached hydrogens (primary N) is 1. The Kier molecular flexibility index (Phi) is 6.15. The van der Waals surface area contributed by atoms with Crippen molar-refractivity contribution in [3.63, 3.8) is 0 Å². The van der Waals surface area contributed by atoms with Gasteiger partial charge in [-0.15, -0.1) is 0 Å². The quantitative estimate of drug-likeness (QED) is 0.602. The van der Waals surface area contributed by atoms with Crippen LogP contribution < -0.4 is 26.4 Å². The molecule has 0 heterocycles. The van der Waals surface area contributed by atoms with E-state index in [2.05, 4.69) is 16.0 Å². The lowest BCUT2D eigenvalue weighted by Gasteiger charge is -2.13. The van der Waals surface area contributed by atoms with Crippen molar-refractivity contribution < 1.29 is 19.1 Å². The number of carbonyl (C=O) groups is 3. The summed E-state index contributed by atoms with van der Waals surface area (Å²) < 4.78 is 5.24. The predicted molar refractivity (Wildman–Crippen MR) is 99.4 cm³/mol. The highest BCUT2D eigenvalue weighted by Gasteiger charge is 2.08. The van der Waals surface area contributed by atoms with E-state index in [0.717, 1.165) is 0 Å². The normalized spacial score (nSPS) is 9.92. The molecule has 0 bridgehead atoms. The van der Waals surface area contributed by atoms with Gasteiger partial charge in [0, 0.05) is 23.9 Å². The number of ether oxygens (including phenoxy) is 1. The molecule has 5 N–H and O–H groups in total. The summed E-state index contributed by atoms with van der Waals surface area (Å²) in [5, 5.41) is 8.33. The van der Waals surface area contributed by atoms with E-state index in [1.165, 1.54) is 26.2 Å². The van der Waals surface area contributed by atoms with Gasteiger partial charge in [-0.2, -0.15) is 0 Å². The van der Waals surface area contributed by atoms with Crippen molar-refractivity contribution in [2.75, 3.05) is 29.6 Å². The maximum Gasteiger partial charge on any atom is 0.248 e. The maximum absolute atomic E-state index is 12.1. The summed E-state index contributed by atoms with van der Waals surface area (Å²) >= 11 is 0. The number of rotatable bonds is 7. The van der Waals surface area contributed by atoms with Gasteiger partial charge in [-0.3, -0.25) is 14.4 Å². The Labute approximate surface area is 150 Å². The number of benzene rings is 2. The topological polar surface area (TPSA) is 123 Å². The fourth-order valence-corrected chi connectivity index (χ4v) is 2.23. The molecule has 26 heavy (non-hydrogen) atoms. The van der Waals surface area contributed by atoms with Gasteiger partial charge in [-0.1, -0.05) is 0 Å². The summed E-state index contributed by atoms with van der Waals surface area (Å²) in [6.45, 7) is 1.39. The summed E-state index contributed by atoms with van der Waals surface area (Å²) in [6.07, 6.45) is 0. The molecule has 8 heteroatoms. The van der Waals surface area contributed by atoms with Crippen LogP contribution in [0, 0.1) is 0 Å². The van der Waals surface area contributed by atoms with Gasteiger partial charge < -0.3 is 26.4 Å². The molecule has 0 saturated carbocycles. The lowest BCUT2D eigenvalue weighted by molar-refractivity contribution is -0.115. The molecular weight excluding hydrogens is 336 g/mol. The number of amides is 3. The zero-order valence-corrected chi connectivity index (χ0v) is 14.5. The molecule has 0 unspecified atom stereocenters. The van der Waals surface area contributed by atoms with Crippen molar-refractivity contribution in [2.45, 2.75) is 6.92 Å². The van der Waals surface area contributed by atoms with Crippen molar-refractivity contribution in [1.29, 1.82) is 0 Å². The lowest BCUT2D eigenvalue weighted by atomic mass is 10.2. The molecule has 0 atom stereocenters. The third-order valence-electron chi connectivity index (χ3n) is 3.41. The van der Waals surface area contributed by atoms with Gasteiger partial charge in [0.15, 0.2) is 0 Å². The monoisotopic (exact) mass is 356 g/mol. The van der Waals surface area contributed by atoms with Crippen LogP contribution in [-0.4, -0.2) is 31.4 Å². The van der Waals surface area contributed by atoms with Crippen molar-refractivity contribution in [1.82, 2.24) is 0 Å². The molecule has 136 valence electrons.